The van der Waals surface area contributed by atoms with E-state index in [-0.39, 0.29) is 23.6 Å². The molecular formula is C19H23N3O5S. The van der Waals surface area contributed by atoms with Gasteiger partial charge in [-0.1, -0.05) is 48.0 Å². The zero-order valence-electron chi connectivity index (χ0n) is 15.4. The van der Waals surface area contributed by atoms with Gasteiger partial charge in [-0.3, -0.25) is 14.8 Å². The topological polar surface area (TPSA) is 125 Å². The van der Waals surface area contributed by atoms with Gasteiger partial charge in [0.1, 0.15) is 6.04 Å². The SMILES string of the molecule is Cc1ccc(S(=O)(=O)N[C@H](CCC(=O)NCc2ccccc2)C(=O)NO)cc1. The molecule has 4 N–H and O–H groups in total. The fourth-order valence-electron chi connectivity index (χ4n) is 2.45. The van der Waals surface area contributed by atoms with Crippen molar-refractivity contribution in [2.75, 3.05) is 0 Å². The number of carbonyl (C=O) groups is 2. The molecule has 2 aromatic rings. The molecule has 2 rings (SSSR count). The number of benzene rings is 2. The van der Waals surface area contributed by atoms with Gasteiger partial charge in [-0.15, -0.1) is 0 Å². The van der Waals surface area contributed by atoms with Crippen molar-refractivity contribution in [1.82, 2.24) is 15.5 Å². The summed E-state index contributed by atoms with van der Waals surface area (Å²) in [6.45, 7) is 2.14. The number of carbonyl (C=O) groups excluding carboxylic acids is 2. The molecule has 9 heteroatoms. The molecule has 0 fully saturated rings. The predicted molar refractivity (Wildman–Crippen MR) is 103 cm³/mol. The Bertz CT molecular complexity index is 899. The summed E-state index contributed by atoms with van der Waals surface area (Å²) >= 11 is 0. The zero-order valence-corrected chi connectivity index (χ0v) is 16.2. The number of rotatable bonds is 9. The van der Waals surface area contributed by atoms with Gasteiger partial charge < -0.3 is 5.32 Å². The number of hydroxylamine groups is 1. The Kier molecular flexibility index (Phi) is 7.68. The highest BCUT2D eigenvalue weighted by atomic mass is 32.2. The van der Waals surface area contributed by atoms with Gasteiger partial charge >= 0.3 is 0 Å². The van der Waals surface area contributed by atoms with Crippen molar-refractivity contribution in [3.8, 4) is 0 Å². The molecule has 2 amide bonds. The van der Waals surface area contributed by atoms with Crippen molar-refractivity contribution in [3.63, 3.8) is 0 Å². The van der Waals surface area contributed by atoms with E-state index in [4.69, 9.17) is 5.21 Å². The lowest BCUT2D eigenvalue weighted by molar-refractivity contribution is -0.131. The third kappa shape index (κ3) is 6.45. The first-order chi connectivity index (χ1) is 13.3. The standard InChI is InChI=1S/C19H23N3O5S/c1-14-7-9-16(10-8-14)28(26,27)22-17(19(24)21-25)11-12-18(23)20-13-15-5-3-2-4-6-15/h2-10,17,22,25H,11-13H2,1H3,(H,20,23)(H,21,24)/t17-/m1/s1. The largest absolute Gasteiger partial charge is 0.352 e. The molecule has 28 heavy (non-hydrogen) atoms. The maximum absolute atomic E-state index is 12.5. The van der Waals surface area contributed by atoms with Crippen LogP contribution in [-0.4, -0.2) is 31.5 Å². The van der Waals surface area contributed by atoms with Crippen LogP contribution in [0.15, 0.2) is 59.5 Å². The fraction of sp³-hybridized carbons (Fsp3) is 0.263. The smallest absolute Gasteiger partial charge is 0.261 e. The lowest BCUT2D eigenvalue weighted by Gasteiger charge is -2.17. The molecule has 0 bridgehead atoms. The van der Waals surface area contributed by atoms with Gasteiger partial charge in [0.15, 0.2) is 0 Å². The zero-order chi connectivity index (χ0) is 20.6. The van der Waals surface area contributed by atoms with Crippen LogP contribution < -0.4 is 15.5 Å². The molecule has 0 aliphatic rings. The molecule has 0 saturated carbocycles. The molecule has 0 heterocycles. The van der Waals surface area contributed by atoms with Gasteiger partial charge in [0, 0.05) is 13.0 Å². The van der Waals surface area contributed by atoms with Gasteiger partial charge in [-0.2, -0.15) is 4.72 Å². The van der Waals surface area contributed by atoms with E-state index in [9.17, 15) is 18.0 Å². The minimum atomic E-state index is -3.99. The molecule has 0 radical (unpaired) electrons. The van der Waals surface area contributed by atoms with E-state index < -0.39 is 22.0 Å². The first kappa shape index (κ1) is 21.5. The van der Waals surface area contributed by atoms with Gasteiger partial charge in [0.05, 0.1) is 4.90 Å². The summed E-state index contributed by atoms with van der Waals surface area (Å²) in [5, 5.41) is 11.6. The Hall–Kier alpha value is -2.75. The molecule has 8 nitrogen and oxygen atoms in total. The Labute approximate surface area is 164 Å². The van der Waals surface area contributed by atoms with E-state index in [2.05, 4.69) is 10.0 Å². The van der Waals surface area contributed by atoms with Crippen molar-refractivity contribution in [2.45, 2.75) is 37.2 Å². The average molecular weight is 405 g/mol. The van der Waals surface area contributed by atoms with E-state index >= 15 is 0 Å². The molecule has 1 atom stereocenters. The van der Waals surface area contributed by atoms with Crippen molar-refractivity contribution >= 4 is 21.8 Å². The monoisotopic (exact) mass is 405 g/mol. The molecule has 0 saturated heterocycles. The van der Waals surface area contributed by atoms with Crippen LogP contribution in [-0.2, 0) is 26.2 Å². The van der Waals surface area contributed by atoms with Gasteiger partial charge in [-0.25, -0.2) is 13.9 Å². The third-order valence-corrected chi connectivity index (χ3v) is 5.54. The Morgan fingerprint density at radius 1 is 1.04 bits per heavy atom. The number of nitrogens with one attached hydrogen (secondary N) is 3. The summed E-state index contributed by atoms with van der Waals surface area (Å²) in [7, 11) is -3.99. The molecule has 0 unspecified atom stereocenters. The molecule has 150 valence electrons. The second-order valence-electron chi connectivity index (χ2n) is 6.26. The van der Waals surface area contributed by atoms with Crippen LogP contribution in [0.4, 0.5) is 0 Å². The second kappa shape index (κ2) is 9.98. The number of hydrogen-bond donors (Lipinski definition) is 4. The number of sulfonamides is 1. The minimum Gasteiger partial charge on any atom is -0.352 e. The molecular weight excluding hydrogens is 382 g/mol. The number of hydrogen-bond acceptors (Lipinski definition) is 5. The Balaban J connectivity index is 1.96. The van der Waals surface area contributed by atoms with Crippen LogP contribution >= 0.6 is 0 Å². The number of amides is 2. The van der Waals surface area contributed by atoms with E-state index in [1.54, 1.807) is 12.1 Å². The highest BCUT2D eigenvalue weighted by Crippen LogP contribution is 2.12. The summed E-state index contributed by atoms with van der Waals surface area (Å²) in [5.74, 6) is -1.28. The van der Waals surface area contributed by atoms with E-state index in [1.807, 2.05) is 37.3 Å². The molecule has 0 spiro atoms. The lowest BCUT2D eigenvalue weighted by Crippen LogP contribution is -2.46. The van der Waals surface area contributed by atoms with E-state index in [1.165, 1.54) is 17.6 Å². The quantitative estimate of drug-likeness (QED) is 0.369. The maximum atomic E-state index is 12.5. The number of aryl methyl sites for hydroxylation is 1. The fourth-order valence-corrected chi connectivity index (χ4v) is 3.68. The average Bonchev–Trinajstić information content (AvgIpc) is 2.70. The van der Waals surface area contributed by atoms with Crippen LogP contribution in [0.2, 0.25) is 0 Å². The van der Waals surface area contributed by atoms with Crippen LogP contribution in [0.5, 0.6) is 0 Å². The summed E-state index contributed by atoms with van der Waals surface area (Å²) < 4.78 is 27.1. The highest BCUT2D eigenvalue weighted by molar-refractivity contribution is 7.89. The molecule has 0 aliphatic heterocycles. The lowest BCUT2D eigenvalue weighted by atomic mass is 10.1. The minimum absolute atomic E-state index is 0.0117. The first-order valence-corrected chi connectivity index (χ1v) is 10.1. The molecule has 0 aromatic heterocycles. The van der Waals surface area contributed by atoms with Gasteiger partial charge in [0.2, 0.25) is 15.9 Å². The summed E-state index contributed by atoms with van der Waals surface area (Å²) in [6.07, 6.45) is -0.209. The van der Waals surface area contributed by atoms with E-state index in [0.29, 0.717) is 6.54 Å². The van der Waals surface area contributed by atoms with Gasteiger partial charge in [-0.05, 0) is 31.0 Å². The van der Waals surface area contributed by atoms with Crippen molar-refractivity contribution in [3.05, 3.63) is 65.7 Å². The van der Waals surface area contributed by atoms with E-state index in [0.717, 1.165) is 11.1 Å². The van der Waals surface area contributed by atoms with Crippen molar-refractivity contribution < 1.29 is 23.2 Å². The van der Waals surface area contributed by atoms with Gasteiger partial charge in [0.25, 0.3) is 5.91 Å². The highest BCUT2D eigenvalue weighted by Gasteiger charge is 2.26. The first-order valence-electron chi connectivity index (χ1n) is 8.65. The van der Waals surface area contributed by atoms with Crippen LogP contribution in [0.25, 0.3) is 0 Å². The third-order valence-electron chi connectivity index (χ3n) is 4.05. The predicted octanol–water partition coefficient (Wildman–Crippen LogP) is 1.24. The van der Waals surface area contributed by atoms with Crippen LogP contribution in [0.1, 0.15) is 24.0 Å². The van der Waals surface area contributed by atoms with Crippen LogP contribution in [0.3, 0.4) is 0 Å². The van der Waals surface area contributed by atoms with Crippen molar-refractivity contribution in [1.29, 1.82) is 0 Å². The Morgan fingerprint density at radius 2 is 1.68 bits per heavy atom. The van der Waals surface area contributed by atoms with Crippen molar-refractivity contribution in [2.24, 2.45) is 0 Å². The normalized spacial score (nSPS) is 12.2. The second-order valence-corrected chi connectivity index (χ2v) is 7.98. The Morgan fingerprint density at radius 3 is 2.29 bits per heavy atom. The van der Waals surface area contributed by atoms with Crippen LogP contribution in [0, 0.1) is 6.92 Å². The summed E-state index contributed by atoms with van der Waals surface area (Å²) in [5.41, 5.74) is 3.24. The molecule has 2 aromatic carbocycles. The summed E-state index contributed by atoms with van der Waals surface area (Å²) in [4.78, 5) is 23.9. The molecule has 0 aliphatic carbocycles. The summed E-state index contributed by atoms with van der Waals surface area (Å²) in [6, 6.07) is 14.1. The maximum Gasteiger partial charge on any atom is 0.261 e.